The number of likely N-dealkylation sites (tertiary alicyclic amines) is 1. The van der Waals surface area contributed by atoms with Crippen molar-refractivity contribution in [3.8, 4) is 0 Å². The highest BCUT2D eigenvalue weighted by Crippen LogP contribution is 2.37. The van der Waals surface area contributed by atoms with Crippen LogP contribution in [0.3, 0.4) is 0 Å². The van der Waals surface area contributed by atoms with Gasteiger partial charge < -0.3 is 0 Å². The third kappa shape index (κ3) is 3.60. The summed E-state index contributed by atoms with van der Waals surface area (Å²) in [7, 11) is 1.94. The smallest absolute Gasteiger partial charge is 0.249 e. The molecule has 1 aromatic heterocycles. The maximum atomic E-state index is 12.4. The van der Waals surface area contributed by atoms with Crippen LogP contribution >= 0.6 is 0 Å². The van der Waals surface area contributed by atoms with E-state index in [-0.39, 0.29) is 11.5 Å². The van der Waals surface area contributed by atoms with E-state index in [9.17, 15) is 4.79 Å². The lowest BCUT2D eigenvalue weighted by molar-refractivity contribution is -0.214. The minimum Gasteiger partial charge on any atom is -0.297 e. The Kier molecular flexibility index (Phi) is 4.31. The van der Waals surface area contributed by atoms with Crippen molar-refractivity contribution >= 4 is 5.91 Å². The summed E-state index contributed by atoms with van der Waals surface area (Å²) in [6, 6.07) is 12.1. The van der Waals surface area contributed by atoms with Gasteiger partial charge >= 0.3 is 0 Å². The van der Waals surface area contributed by atoms with Gasteiger partial charge in [0.1, 0.15) is 5.60 Å². The number of hydrogen-bond acceptors (Lipinski definition) is 4. The topological polar surface area (TPSA) is 50.6 Å². The van der Waals surface area contributed by atoms with Crippen LogP contribution in [-0.4, -0.2) is 44.3 Å². The van der Waals surface area contributed by atoms with E-state index in [1.54, 1.807) is 5.06 Å². The summed E-state index contributed by atoms with van der Waals surface area (Å²) in [6.07, 6.45) is 4.24. The summed E-state index contributed by atoms with van der Waals surface area (Å²) in [4.78, 5) is 20.9. The molecule has 2 aliphatic rings. The molecule has 2 saturated heterocycles. The molecule has 0 N–H and O–H groups in total. The van der Waals surface area contributed by atoms with Gasteiger partial charge in [0.05, 0.1) is 18.7 Å². The number of amides is 1. The fourth-order valence-electron chi connectivity index (χ4n) is 3.71. The Bertz CT molecular complexity index is 735. The molecule has 0 atom stereocenters. The number of carbonyl (C=O) groups excluding carboxylic acids is 1. The molecule has 1 spiro atoms. The number of aromatic nitrogens is 2. The molecule has 3 heterocycles. The largest absolute Gasteiger partial charge is 0.297 e. The first-order chi connectivity index (χ1) is 12.1. The minimum absolute atomic E-state index is 0.0991. The van der Waals surface area contributed by atoms with Crippen molar-refractivity contribution in [2.75, 3.05) is 13.1 Å². The molecule has 6 nitrogen and oxygen atoms in total. The molecule has 1 aromatic carbocycles. The lowest BCUT2D eigenvalue weighted by Crippen LogP contribution is -2.44. The highest BCUT2D eigenvalue weighted by atomic mass is 16.7. The number of carbonyl (C=O) groups is 1. The van der Waals surface area contributed by atoms with E-state index in [0.29, 0.717) is 13.0 Å². The molecule has 2 fully saturated rings. The molecule has 2 aliphatic heterocycles. The Morgan fingerprint density at radius 2 is 1.88 bits per heavy atom. The molecular weight excluding hydrogens is 316 g/mol. The average molecular weight is 340 g/mol. The van der Waals surface area contributed by atoms with E-state index in [2.05, 4.69) is 16.1 Å². The maximum Gasteiger partial charge on any atom is 0.249 e. The third-order valence-electron chi connectivity index (χ3n) is 5.15. The van der Waals surface area contributed by atoms with Gasteiger partial charge in [-0.15, -0.1) is 0 Å². The molecule has 132 valence electrons. The van der Waals surface area contributed by atoms with Crippen LogP contribution in [0, 0.1) is 0 Å². The molecule has 6 heteroatoms. The van der Waals surface area contributed by atoms with Gasteiger partial charge in [-0.05, 0) is 24.5 Å². The van der Waals surface area contributed by atoms with Crippen LogP contribution in [0.1, 0.15) is 30.5 Å². The van der Waals surface area contributed by atoms with E-state index in [0.717, 1.165) is 43.7 Å². The number of aryl methyl sites for hydroxylation is 1. The predicted molar refractivity (Wildman–Crippen MR) is 93.1 cm³/mol. The number of benzene rings is 1. The molecule has 0 radical (unpaired) electrons. The SMILES string of the molecule is Cn1ccc(CN2CCC3(CC2)CC(=O)N(Cc2ccccc2)O3)n1. The van der Waals surface area contributed by atoms with Crippen molar-refractivity contribution < 1.29 is 9.63 Å². The number of nitrogens with zero attached hydrogens (tertiary/aromatic N) is 4. The van der Waals surface area contributed by atoms with E-state index < -0.39 is 0 Å². The summed E-state index contributed by atoms with van der Waals surface area (Å²) in [5.41, 5.74) is 1.88. The van der Waals surface area contributed by atoms with Crippen molar-refractivity contribution in [2.24, 2.45) is 7.05 Å². The summed E-state index contributed by atoms with van der Waals surface area (Å²) in [5.74, 6) is 0.0991. The molecule has 0 saturated carbocycles. The van der Waals surface area contributed by atoms with Crippen LogP contribution in [0.5, 0.6) is 0 Å². The lowest BCUT2D eigenvalue weighted by atomic mass is 9.88. The minimum atomic E-state index is -0.313. The Labute approximate surface area is 147 Å². The van der Waals surface area contributed by atoms with Crippen LogP contribution in [0.2, 0.25) is 0 Å². The van der Waals surface area contributed by atoms with Crippen molar-refractivity contribution in [1.29, 1.82) is 0 Å². The Morgan fingerprint density at radius 3 is 2.56 bits per heavy atom. The molecule has 2 aromatic rings. The van der Waals surface area contributed by atoms with Gasteiger partial charge in [-0.1, -0.05) is 30.3 Å². The quantitative estimate of drug-likeness (QED) is 0.855. The van der Waals surface area contributed by atoms with E-state index >= 15 is 0 Å². The molecule has 1 amide bonds. The molecule has 0 bridgehead atoms. The van der Waals surface area contributed by atoms with E-state index in [4.69, 9.17) is 4.84 Å². The predicted octanol–water partition coefficient (Wildman–Crippen LogP) is 2.12. The van der Waals surface area contributed by atoms with Crippen LogP contribution in [0.15, 0.2) is 42.6 Å². The maximum absolute atomic E-state index is 12.4. The Balaban J connectivity index is 1.34. The monoisotopic (exact) mass is 340 g/mol. The van der Waals surface area contributed by atoms with Crippen LogP contribution in [-0.2, 0) is 29.8 Å². The van der Waals surface area contributed by atoms with Gasteiger partial charge in [-0.3, -0.25) is 19.2 Å². The molecule has 0 aliphatic carbocycles. The van der Waals surface area contributed by atoms with Crippen LogP contribution < -0.4 is 0 Å². The third-order valence-corrected chi connectivity index (χ3v) is 5.15. The van der Waals surface area contributed by atoms with Gasteiger partial charge in [-0.25, -0.2) is 5.06 Å². The average Bonchev–Trinajstić information content (AvgIpc) is 3.15. The van der Waals surface area contributed by atoms with Crippen LogP contribution in [0.4, 0.5) is 0 Å². The summed E-state index contributed by atoms with van der Waals surface area (Å²) in [5, 5.41) is 6.01. The van der Waals surface area contributed by atoms with Crippen molar-refractivity contribution in [3.05, 3.63) is 53.9 Å². The van der Waals surface area contributed by atoms with Crippen molar-refractivity contribution in [2.45, 2.75) is 38.0 Å². The summed E-state index contributed by atoms with van der Waals surface area (Å²) in [6.45, 7) is 3.25. The standard InChI is InChI=1S/C19H24N4O2/c1-21-10-7-17(20-21)15-22-11-8-19(9-12-22)13-18(24)23(25-19)14-16-5-3-2-4-6-16/h2-7,10H,8-9,11-15H2,1H3. The zero-order chi connectivity index (χ0) is 17.3. The zero-order valence-corrected chi connectivity index (χ0v) is 14.6. The lowest BCUT2D eigenvalue weighted by Gasteiger charge is -2.37. The van der Waals surface area contributed by atoms with Gasteiger partial charge in [0.15, 0.2) is 0 Å². The second-order valence-corrected chi connectivity index (χ2v) is 7.12. The van der Waals surface area contributed by atoms with Crippen molar-refractivity contribution in [3.63, 3.8) is 0 Å². The fraction of sp³-hybridized carbons (Fsp3) is 0.474. The first kappa shape index (κ1) is 16.3. The second-order valence-electron chi connectivity index (χ2n) is 7.12. The highest BCUT2D eigenvalue weighted by molar-refractivity contribution is 5.78. The normalized spacial score (nSPS) is 20.5. The summed E-state index contributed by atoms with van der Waals surface area (Å²) >= 11 is 0. The number of hydrogen-bond donors (Lipinski definition) is 0. The zero-order valence-electron chi connectivity index (χ0n) is 14.6. The molecule has 0 unspecified atom stereocenters. The Morgan fingerprint density at radius 1 is 1.12 bits per heavy atom. The van der Waals surface area contributed by atoms with Crippen LogP contribution in [0.25, 0.3) is 0 Å². The molecule has 4 rings (SSSR count). The summed E-state index contributed by atoms with van der Waals surface area (Å²) < 4.78 is 1.83. The molecule has 25 heavy (non-hydrogen) atoms. The van der Waals surface area contributed by atoms with Crippen molar-refractivity contribution in [1.82, 2.24) is 19.7 Å². The van der Waals surface area contributed by atoms with E-state index in [1.807, 2.05) is 48.3 Å². The highest BCUT2D eigenvalue weighted by Gasteiger charge is 2.46. The number of piperidine rings is 1. The van der Waals surface area contributed by atoms with Gasteiger partial charge in [0.25, 0.3) is 0 Å². The first-order valence-electron chi connectivity index (χ1n) is 8.86. The van der Waals surface area contributed by atoms with Gasteiger partial charge in [0, 0.05) is 32.9 Å². The first-order valence-corrected chi connectivity index (χ1v) is 8.86. The van der Waals surface area contributed by atoms with Gasteiger partial charge in [0.2, 0.25) is 5.91 Å². The fourth-order valence-corrected chi connectivity index (χ4v) is 3.71. The number of hydroxylamine groups is 2. The van der Waals surface area contributed by atoms with Gasteiger partial charge in [-0.2, -0.15) is 5.10 Å². The Hall–Kier alpha value is -2.18. The molecular formula is C19H24N4O2. The van der Waals surface area contributed by atoms with E-state index in [1.165, 1.54) is 0 Å². The number of rotatable bonds is 4. The second kappa shape index (κ2) is 6.61.